The van der Waals surface area contributed by atoms with Crippen LogP contribution in [0.1, 0.15) is 38.5 Å². The Morgan fingerprint density at radius 1 is 1.34 bits per heavy atom. The van der Waals surface area contributed by atoms with E-state index in [1.54, 1.807) is 7.05 Å². The van der Waals surface area contributed by atoms with Crippen molar-refractivity contribution in [3.8, 4) is 0 Å². The van der Waals surface area contributed by atoms with Gasteiger partial charge >= 0.3 is 5.97 Å². The van der Waals surface area contributed by atoms with Crippen LogP contribution in [0.25, 0.3) is 0 Å². The summed E-state index contributed by atoms with van der Waals surface area (Å²) in [5.41, 5.74) is 4.31. The van der Waals surface area contributed by atoms with E-state index in [0.29, 0.717) is 31.6 Å². The van der Waals surface area contributed by atoms with Crippen LogP contribution in [0.5, 0.6) is 0 Å². The second kappa shape index (κ2) is 7.15. The number of carboxylic acid groups (broad SMARTS) is 1. The first kappa shape index (κ1) is 21.6. The highest BCUT2D eigenvalue weighted by atomic mass is 16.4. The number of aliphatic carboxylic acids is 1. The molecule has 8 heteroatoms. The number of allylic oxidation sites excluding steroid dienone is 1. The third-order valence-electron chi connectivity index (χ3n) is 9.72. The Balaban J connectivity index is 1.82. The fourth-order valence-corrected chi connectivity index (χ4v) is 9.01. The minimum atomic E-state index is -1.93. The third-order valence-corrected chi connectivity index (χ3v) is 9.72. The molecule has 2 bridgehead atoms. The van der Waals surface area contributed by atoms with Crippen LogP contribution in [0.3, 0.4) is 0 Å². The minimum Gasteiger partial charge on any atom is -0.478 e. The Morgan fingerprint density at radius 3 is 2.75 bits per heavy atom. The van der Waals surface area contributed by atoms with Crippen LogP contribution in [0, 0.1) is 34.5 Å². The number of nitrogens with zero attached hydrogens (tertiary/aromatic N) is 2. The molecule has 1 heterocycles. The molecule has 7 atom stereocenters. The van der Waals surface area contributed by atoms with Crippen LogP contribution < -0.4 is 11.1 Å². The SMILES string of the molecule is CN=C(N)N1C=C[C@@H](CNC)[C@@]2(C1)[C@@H]1CC[C@H]3CCC[C@H]4[C@@]32C(=C(C(=O)O)[C@]4(O)C=O)C1. The van der Waals surface area contributed by atoms with Gasteiger partial charge in [-0.1, -0.05) is 12.5 Å². The second-order valence-corrected chi connectivity index (χ2v) is 10.4. The van der Waals surface area contributed by atoms with E-state index in [0.717, 1.165) is 37.8 Å². The molecule has 2 spiro atoms. The predicted octanol–water partition coefficient (Wildman–Crippen LogP) is 1.12. The Labute approximate surface area is 188 Å². The van der Waals surface area contributed by atoms with E-state index >= 15 is 0 Å². The highest BCUT2D eigenvalue weighted by molar-refractivity contribution is 5.98. The number of rotatable bonds is 4. The van der Waals surface area contributed by atoms with Crippen LogP contribution in [0.15, 0.2) is 28.4 Å². The van der Waals surface area contributed by atoms with Gasteiger partial charge in [-0.15, -0.1) is 0 Å². The van der Waals surface area contributed by atoms with Gasteiger partial charge in [0.05, 0.1) is 5.57 Å². The predicted molar refractivity (Wildman–Crippen MR) is 120 cm³/mol. The quantitative estimate of drug-likeness (QED) is 0.292. The molecule has 0 saturated heterocycles. The Morgan fingerprint density at radius 2 is 2.09 bits per heavy atom. The number of nitrogens with two attached hydrogens (primary N) is 1. The average molecular weight is 443 g/mol. The van der Waals surface area contributed by atoms with Crippen molar-refractivity contribution in [3.05, 3.63) is 23.4 Å². The van der Waals surface area contributed by atoms with Gasteiger partial charge in [-0.3, -0.25) is 9.79 Å². The monoisotopic (exact) mass is 442 g/mol. The lowest BCUT2D eigenvalue weighted by atomic mass is 9.40. The molecule has 0 aromatic carbocycles. The Hall–Kier alpha value is -2.19. The summed E-state index contributed by atoms with van der Waals surface area (Å²) in [6.07, 6.45) is 9.96. The number of carbonyl (C=O) groups is 2. The Bertz CT molecular complexity index is 944. The Kier molecular flexibility index (Phi) is 4.84. The van der Waals surface area contributed by atoms with Crippen LogP contribution in [-0.4, -0.2) is 66.1 Å². The number of aldehydes is 1. The first-order chi connectivity index (χ1) is 15.3. The molecule has 5 N–H and O–H groups in total. The maximum absolute atomic E-state index is 12.5. The molecule has 3 saturated carbocycles. The van der Waals surface area contributed by atoms with E-state index in [9.17, 15) is 19.8 Å². The van der Waals surface area contributed by atoms with E-state index < -0.39 is 22.9 Å². The van der Waals surface area contributed by atoms with Crippen molar-refractivity contribution in [2.75, 3.05) is 27.2 Å². The van der Waals surface area contributed by atoms with Crippen molar-refractivity contribution in [2.45, 2.75) is 44.1 Å². The van der Waals surface area contributed by atoms with Gasteiger partial charge in [-0.2, -0.15) is 0 Å². The highest BCUT2D eigenvalue weighted by Gasteiger charge is 2.79. The summed E-state index contributed by atoms with van der Waals surface area (Å²) in [7, 11) is 3.61. The van der Waals surface area contributed by atoms with E-state index in [1.807, 2.05) is 18.1 Å². The van der Waals surface area contributed by atoms with E-state index in [2.05, 4.69) is 16.4 Å². The summed E-state index contributed by atoms with van der Waals surface area (Å²) in [6.45, 7) is 1.38. The van der Waals surface area contributed by atoms with Gasteiger partial charge in [0, 0.05) is 43.1 Å². The maximum atomic E-state index is 12.5. The van der Waals surface area contributed by atoms with E-state index in [-0.39, 0.29) is 28.7 Å². The molecule has 0 amide bonds. The molecule has 5 rings (SSSR count). The average Bonchev–Trinajstić information content (AvgIpc) is 3.07. The smallest absolute Gasteiger partial charge is 0.334 e. The fraction of sp³-hybridized carbons (Fsp3) is 0.708. The van der Waals surface area contributed by atoms with Crippen LogP contribution in [0.2, 0.25) is 0 Å². The van der Waals surface area contributed by atoms with Crippen molar-refractivity contribution in [1.29, 1.82) is 0 Å². The van der Waals surface area contributed by atoms with Crippen LogP contribution in [-0.2, 0) is 9.59 Å². The number of hydrogen-bond donors (Lipinski definition) is 4. The molecule has 0 aromatic rings. The molecule has 174 valence electrons. The molecule has 5 aliphatic rings. The molecule has 0 aromatic heterocycles. The molecule has 8 nitrogen and oxygen atoms in total. The van der Waals surface area contributed by atoms with Crippen molar-refractivity contribution < 1.29 is 19.8 Å². The second-order valence-electron chi connectivity index (χ2n) is 10.4. The fourth-order valence-electron chi connectivity index (χ4n) is 9.01. The molecule has 4 aliphatic carbocycles. The van der Waals surface area contributed by atoms with Crippen molar-refractivity contribution in [1.82, 2.24) is 10.2 Å². The first-order valence-electron chi connectivity index (χ1n) is 11.8. The highest BCUT2D eigenvalue weighted by Crippen LogP contribution is 2.80. The number of nitrogens with one attached hydrogen (secondary N) is 1. The normalized spacial score (nSPS) is 44.8. The van der Waals surface area contributed by atoms with Gasteiger partial charge in [0.15, 0.2) is 17.8 Å². The van der Waals surface area contributed by atoms with Crippen molar-refractivity contribution >= 4 is 18.2 Å². The number of hydrogen-bond acceptors (Lipinski definition) is 5. The van der Waals surface area contributed by atoms with Gasteiger partial charge in [0.25, 0.3) is 0 Å². The molecule has 1 aliphatic heterocycles. The maximum Gasteiger partial charge on any atom is 0.334 e. The molecule has 0 unspecified atom stereocenters. The molecule has 32 heavy (non-hydrogen) atoms. The van der Waals surface area contributed by atoms with Crippen LogP contribution in [0.4, 0.5) is 0 Å². The van der Waals surface area contributed by atoms with Gasteiger partial charge in [-0.05, 0) is 62.5 Å². The molecular weight excluding hydrogens is 408 g/mol. The number of guanidine groups is 1. The largest absolute Gasteiger partial charge is 0.478 e. The lowest BCUT2D eigenvalue weighted by Crippen LogP contribution is -2.66. The summed E-state index contributed by atoms with van der Waals surface area (Å²) < 4.78 is 0. The topological polar surface area (TPSA) is 128 Å². The summed E-state index contributed by atoms with van der Waals surface area (Å²) in [4.78, 5) is 31.2. The number of carbonyl (C=O) groups excluding carboxylic acids is 1. The zero-order chi connectivity index (χ0) is 22.9. The first-order valence-corrected chi connectivity index (χ1v) is 11.8. The summed E-state index contributed by atoms with van der Waals surface area (Å²) in [5.74, 6) is -0.458. The zero-order valence-electron chi connectivity index (χ0n) is 18.9. The van der Waals surface area contributed by atoms with Crippen LogP contribution >= 0.6 is 0 Å². The minimum absolute atomic E-state index is 0.0328. The summed E-state index contributed by atoms with van der Waals surface area (Å²) >= 11 is 0. The van der Waals surface area contributed by atoms with Crippen molar-refractivity contribution in [3.63, 3.8) is 0 Å². The van der Waals surface area contributed by atoms with Gasteiger partial charge in [0.1, 0.15) is 0 Å². The van der Waals surface area contributed by atoms with E-state index in [1.165, 1.54) is 0 Å². The zero-order valence-corrected chi connectivity index (χ0v) is 18.9. The van der Waals surface area contributed by atoms with E-state index in [4.69, 9.17) is 5.73 Å². The molecule has 3 fully saturated rings. The van der Waals surface area contributed by atoms with Crippen molar-refractivity contribution in [2.24, 2.45) is 45.2 Å². The van der Waals surface area contributed by atoms with Gasteiger partial charge in [-0.25, -0.2) is 4.79 Å². The lowest BCUT2D eigenvalue weighted by molar-refractivity contribution is -0.173. The number of aliphatic hydroxyl groups is 1. The van der Waals surface area contributed by atoms with Gasteiger partial charge in [0.2, 0.25) is 0 Å². The number of aliphatic imine (C=N–C) groups is 1. The molecular formula is C24H34N4O4. The third kappa shape index (κ3) is 2.27. The number of carboxylic acids is 1. The summed E-state index contributed by atoms with van der Waals surface area (Å²) in [6, 6.07) is 0. The lowest BCUT2D eigenvalue weighted by Gasteiger charge is -2.65. The molecule has 0 radical (unpaired) electrons. The van der Waals surface area contributed by atoms with Gasteiger partial charge < -0.3 is 26.2 Å². The summed E-state index contributed by atoms with van der Waals surface area (Å²) in [5, 5.41) is 25.3. The standard InChI is InChI=1S/C24H34N4O4/c1-26-11-16-8-9-28(21(25)27-2)12-22(16)15-7-6-14-4-3-5-18-23(32,13-29)19(20(30)31)17(10-15)24(14,18)22/h8-9,13-16,18,26,32H,3-7,10-12H2,1-2H3,(H2,25,27)(H,30,31)/t14-,15-,16+,18-,22-,23+,24+/m1/s1.